The SMILES string of the molecule is C=CC=O.Nc1ccc(-c2ccc(C3CCC(CCCF)CC3)cc2)cc1. The molecule has 2 aromatic carbocycles. The molecule has 0 amide bonds. The van der Waals surface area contributed by atoms with Crippen LogP contribution in [-0.2, 0) is 4.79 Å². The molecule has 1 fully saturated rings. The van der Waals surface area contributed by atoms with Crippen LogP contribution in [0.25, 0.3) is 11.1 Å². The quantitative estimate of drug-likeness (QED) is 0.368. The maximum absolute atomic E-state index is 12.3. The van der Waals surface area contributed by atoms with Crippen molar-refractivity contribution in [3.8, 4) is 11.1 Å². The van der Waals surface area contributed by atoms with Gasteiger partial charge in [-0.2, -0.15) is 0 Å². The smallest absolute Gasteiger partial charge is 0.142 e. The fourth-order valence-electron chi connectivity index (χ4n) is 3.77. The van der Waals surface area contributed by atoms with E-state index >= 15 is 0 Å². The van der Waals surface area contributed by atoms with Crippen LogP contribution in [0.3, 0.4) is 0 Å². The van der Waals surface area contributed by atoms with Gasteiger partial charge in [-0.15, -0.1) is 0 Å². The maximum atomic E-state index is 12.3. The van der Waals surface area contributed by atoms with E-state index in [9.17, 15) is 4.39 Å². The second kappa shape index (κ2) is 11.3. The fraction of sp³-hybridized carbons (Fsp3) is 0.375. The van der Waals surface area contributed by atoms with E-state index < -0.39 is 0 Å². The van der Waals surface area contributed by atoms with E-state index in [-0.39, 0.29) is 6.67 Å². The van der Waals surface area contributed by atoms with E-state index in [2.05, 4.69) is 43.0 Å². The number of benzene rings is 2. The van der Waals surface area contributed by atoms with Gasteiger partial charge < -0.3 is 5.73 Å². The molecule has 1 aliphatic carbocycles. The molecule has 3 rings (SSSR count). The molecule has 144 valence electrons. The number of carbonyl (C=O) groups excluding carboxylic acids is 1. The van der Waals surface area contributed by atoms with Crippen molar-refractivity contribution in [3.63, 3.8) is 0 Å². The van der Waals surface area contributed by atoms with Crippen molar-refractivity contribution in [1.82, 2.24) is 0 Å². The highest BCUT2D eigenvalue weighted by Crippen LogP contribution is 2.38. The van der Waals surface area contributed by atoms with Crippen LogP contribution >= 0.6 is 0 Å². The summed E-state index contributed by atoms with van der Waals surface area (Å²) in [4.78, 5) is 9.06. The number of aldehydes is 1. The third-order valence-corrected chi connectivity index (χ3v) is 5.32. The van der Waals surface area contributed by atoms with Crippen molar-refractivity contribution in [3.05, 3.63) is 66.7 Å². The lowest BCUT2D eigenvalue weighted by Gasteiger charge is -2.28. The van der Waals surface area contributed by atoms with E-state index in [1.54, 1.807) is 0 Å². The summed E-state index contributed by atoms with van der Waals surface area (Å²) >= 11 is 0. The maximum Gasteiger partial charge on any atom is 0.142 e. The summed E-state index contributed by atoms with van der Waals surface area (Å²) in [5.74, 6) is 1.42. The topological polar surface area (TPSA) is 43.1 Å². The van der Waals surface area contributed by atoms with Gasteiger partial charge in [0.1, 0.15) is 6.29 Å². The highest BCUT2D eigenvalue weighted by atomic mass is 19.1. The molecule has 0 atom stereocenters. The Balaban J connectivity index is 0.000000596. The fourth-order valence-corrected chi connectivity index (χ4v) is 3.77. The molecule has 0 bridgehead atoms. The number of anilines is 1. The van der Waals surface area contributed by atoms with Crippen LogP contribution in [0, 0.1) is 5.92 Å². The van der Waals surface area contributed by atoms with Crippen molar-refractivity contribution in [2.75, 3.05) is 12.4 Å². The Bertz CT molecular complexity index is 679. The average Bonchev–Trinajstić information content (AvgIpc) is 2.73. The molecule has 0 aromatic heterocycles. The highest BCUT2D eigenvalue weighted by molar-refractivity contribution is 5.65. The number of alkyl halides is 1. The van der Waals surface area contributed by atoms with Crippen molar-refractivity contribution >= 4 is 12.0 Å². The summed E-state index contributed by atoms with van der Waals surface area (Å²) in [6.45, 7) is 2.95. The van der Waals surface area contributed by atoms with Gasteiger partial charge in [-0.05, 0) is 85.3 Å². The molecule has 3 heteroatoms. The van der Waals surface area contributed by atoms with Gasteiger partial charge in [0.25, 0.3) is 0 Å². The number of halogens is 1. The Kier molecular flexibility index (Phi) is 8.76. The third-order valence-electron chi connectivity index (χ3n) is 5.32. The Morgan fingerprint density at radius 1 is 0.963 bits per heavy atom. The predicted octanol–water partition coefficient (Wildman–Crippen LogP) is 6.33. The van der Waals surface area contributed by atoms with Crippen molar-refractivity contribution in [2.24, 2.45) is 5.92 Å². The van der Waals surface area contributed by atoms with Crippen LogP contribution in [-0.4, -0.2) is 13.0 Å². The van der Waals surface area contributed by atoms with Crippen LogP contribution in [0.1, 0.15) is 50.0 Å². The molecule has 2 nitrogen and oxygen atoms in total. The Morgan fingerprint density at radius 2 is 1.48 bits per heavy atom. The monoisotopic (exact) mass is 367 g/mol. The van der Waals surface area contributed by atoms with Gasteiger partial charge in [0.05, 0.1) is 6.67 Å². The first-order valence-corrected chi connectivity index (χ1v) is 9.76. The minimum atomic E-state index is -0.160. The number of hydrogen-bond donors (Lipinski definition) is 1. The lowest BCUT2D eigenvalue weighted by molar-refractivity contribution is -0.104. The van der Waals surface area contributed by atoms with Gasteiger partial charge in [-0.25, -0.2) is 0 Å². The summed E-state index contributed by atoms with van der Waals surface area (Å²) in [5.41, 5.74) is 10.5. The minimum absolute atomic E-state index is 0.160. The number of rotatable bonds is 6. The molecule has 0 saturated heterocycles. The predicted molar refractivity (Wildman–Crippen MR) is 112 cm³/mol. The number of allylic oxidation sites excluding steroid dienone is 1. The first-order chi connectivity index (χ1) is 13.2. The molecule has 2 aromatic rings. The summed E-state index contributed by atoms with van der Waals surface area (Å²) in [7, 11) is 0. The molecular formula is C24H30FNO. The normalized spacial score (nSPS) is 18.9. The van der Waals surface area contributed by atoms with Gasteiger partial charge in [-0.1, -0.05) is 43.0 Å². The molecule has 0 spiro atoms. The van der Waals surface area contributed by atoms with Crippen LogP contribution in [0.4, 0.5) is 10.1 Å². The van der Waals surface area contributed by atoms with E-state index in [1.807, 2.05) is 12.1 Å². The second-order valence-electron chi connectivity index (χ2n) is 7.16. The Morgan fingerprint density at radius 3 is 1.96 bits per heavy atom. The molecular weight excluding hydrogens is 337 g/mol. The van der Waals surface area contributed by atoms with Gasteiger partial charge in [0.2, 0.25) is 0 Å². The molecule has 0 aliphatic heterocycles. The molecule has 2 N–H and O–H groups in total. The first-order valence-electron chi connectivity index (χ1n) is 9.76. The average molecular weight is 368 g/mol. The number of nitrogen functional groups attached to an aromatic ring is 1. The lowest BCUT2D eigenvalue weighted by atomic mass is 9.77. The summed E-state index contributed by atoms with van der Waals surface area (Å²) in [6.07, 6.45) is 8.65. The largest absolute Gasteiger partial charge is 0.399 e. The van der Waals surface area contributed by atoms with Crippen molar-refractivity contribution in [2.45, 2.75) is 44.4 Å². The van der Waals surface area contributed by atoms with E-state index in [4.69, 9.17) is 10.5 Å². The zero-order valence-electron chi connectivity index (χ0n) is 15.9. The van der Waals surface area contributed by atoms with Crippen LogP contribution in [0.5, 0.6) is 0 Å². The van der Waals surface area contributed by atoms with E-state index in [1.165, 1.54) is 48.4 Å². The molecule has 0 unspecified atom stereocenters. The van der Waals surface area contributed by atoms with Gasteiger partial charge >= 0.3 is 0 Å². The Hall–Kier alpha value is -2.42. The molecule has 0 radical (unpaired) electrons. The number of carbonyl (C=O) groups is 1. The lowest BCUT2D eigenvalue weighted by Crippen LogP contribution is -2.13. The zero-order chi connectivity index (χ0) is 19.5. The third kappa shape index (κ3) is 6.67. The Labute approximate surface area is 162 Å². The van der Waals surface area contributed by atoms with Crippen LogP contribution in [0.2, 0.25) is 0 Å². The molecule has 0 heterocycles. The molecule has 1 aliphatic rings. The first kappa shape index (κ1) is 20.9. The molecule has 1 saturated carbocycles. The van der Waals surface area contributed by atoms with Gasteiger partial charge in [0, 0.05) is 5.69 Å². The number of nitrogens with two attached hydrogens (primary N) is 1. The summed E-state index contributed by atoms with van der Waals surface area (Å²) in [6, 6.07) is 17.0. The van der Waals surface area contributed by atoms with Gasteiger partial charge in [0.15, 0.2) is 0 Å². The highest BCUT2D eigenvalue weighted by Gasteiger charge is 2.22. The zero-order valence-corrected chi connectivity index (χ0v) is 15.9. The molecule has 27 heavy (non-hydrogen) atoms. The standard InChI is InChI=1S/C21H26FN.C3H4O/c22-15-1-2-16-3-5-17(6-4-16)18-7-9-19(10-8-18)20-11-13-21(23)14-12-20;1-2-3-4/h7-14,16-17H,1-6,15,23H2;2-3H,1H2. The van der Waals surface area contributed by atoms with Gasteiger partial charge in [-0.3, -0.25) is 9.18 Å². The van der Waals surface area contributed by atoms with Crippen LogP contribution < -0.4 is 5.73 Å². The summed E-state index contributed by atoms with van der Waals surface area (Å²) < 4.78 is 12.3. The minimum Gasteiger partial charge on any atom is -0.399 e. The van der Waals surface area contributed by atoms with E-state index in [0.29, 0.717) is 12.2 Å². The van der Waals surface area contributed by atoms with Crippen molar-refractivity contribution < 1.29 is 9.18 Å². The van der Waals surface area contributed by atoms with Crippen molar-refractivity contribution in [1.29, 1.82) is 0 Å². The van der Waals surface area contributed by atoms with Crippen LogP contribution in [0.15, 0.2) is 61.2 Å². The summed E-state index contributed by atoms with van der Waals surface area (Å²) in [5, 5.41) is 0. The number of hydrogen-bond acceptors (Lipinski definition) is 2. The van der Waals surface area contributed by atoms with E-state index in [0.717, 1.165) is 24.4 Å². The second-order valence-corrected chi connectivity index (χ2v) is 7.16.